The summed E-state index contributed by atoms with van der Waals surface area (Å²) in [5.41, 5.74) is 0.587. The van der Waals surface area contributed by atoms with E-state index in [9.17, 15) is 9.18 Å². The van der Waals surface area contributed by atoms with Gasteiger partial charge in [-0.05, 0) is 25.0 Å². The largest absolute Gasteiger partial charge is 0.367 e. The van der Waals surface area contributed by atoms with Gasteiger partial charge < -0.3 is 10.2 Å². The van der Waals surface area contributed by atoms with Gasteiger partial charge in [0.15, 0.2) is 5.82 Å². The molecule has 122 valence electrons. The topological polar surface area (TPSA) is 62.2 Å². The van der Waals surface area contributed by atoms with Crippen LogP contribution in [-0.4, -0.2) is 34.9 Å². The third-order valence-electron chi connectivity index (χ3n) is 3.90. The number of halogens is 1. The number of amides is 2. The van der Waals surface area contributed by atoms with Crippen LogP contribution in [0.25, 0.3) is 0 Å². The van der Waals surface area contributed by atoms with Gasteiger partial charge in [0.05, 0.1) is 5.69 Å². The fourth-order valence-electron chi connectivity index (χ4n) is 2.84. The molecular formula is C16H20FN5O. The molecule has 2 amide bonds. The molecule has 0 aliphatic carbocycles. The quantitative estimate of drug-likeness (QED) is 0.913. The normalized spacial score (nSPS) is 17.8. The molecule has 1 aliphatic heterocycles. The Kier molecular flexibility index (Phi) is 4.45. The van der Waals surface area contributed by atoms with Crippen molar-refractivity contribution in [2.75, 3.05) is 23.3 Å². The number of hydrogen-bond donors (Lipinski definition) is 2. The second-order valence-electron chi connectivity index (χ2n) is 5.71. The van der Waals surface area contributed by atoms with E-state index in [0.717, 1.165) is 19.4 Å². The van der Waals surface area contributed by atoms with Crippen molar-refractivity contribution in [3.8, 4) is 0 Å². The molecule has 2 N–H and O–H groups in total. The Bertz CT molecular complexity index is 687. The molecule has 1 fully saturated rings. The molecule has 1 aliphatic rings. The van der Waals surface area contributed by atoms with E-state index >= 15 is 0 Å². The van der Waals surface area contributed by atoms with E-state index in [2.05, 4.69) is 15.7 Å². The molecule has 2 aromatic rings. The van der Waals surface area contributed by atoms with Crippen molar-refractivity contribution in [3.05, 3.63) is 42.3 Å². The number of piperidine rings is 1. The number of aromatic nitrogens is 2. The lowest BCUT2D eigenvalue weighted by molar-refractivity contribution is 0.246. The van der Waals surface area contributed by atoms with Gasteiger partial charge in [0, 0.05) is 38.4 Å². The maximum absolute atomic E-state index is 13.9. The van der Waals surface area contributed by atoms with Crippen LogP contribution in [0.1, 0.15) is 12.8 Å². The summed E-state index contributed by atoms with van der Waals surface area (Å²) in [4.78, 5) is 14.0. The van der Waals surface area contributed by atoms with Crippen LogP contribution in [0, 0.1) is 5.82 Å². The number of carbonyl (C=O) groups excluding carboxylic acids is 1. The minimum atomic E-state index is -0.288. The van der Waals surface area contributed by atoms with Crippen LogP contribution in [0.4, 0.5) is 20.7 Å². The SMILES string of the molecule is Cn1ccc(NC(=O)N[C@H]2CCCN(c3ccccc3F)C2)n1. The summed E-state index contributed by atoms with van der Waals surface area (Å²) in [6.45, 7) is 1.39. The summed E-state index contributed by atoms with van der Waals surface area (Å²) in [5.74, 6) is 0.276. The third-order valence-corrected chi connectivity index (χ3v) is 3.90. The van der Waals surface area contributed by atoms with Crippen LogP contribution in [0.5, 0.6) is 0 Å². The standard InChI is InChI=1S/C16H20FN5O/c1-21-10-8-15(20-21)19-16(23)18-12-5-4-9-22(11-12)14-7-3-2-6-13(14)17/h2-3,6-8,10,12H,4-5,9,11H2,1H3,(H2,18,19,20,23)/t12-/m0/s1. The van der Waals surface area contributed by atoms with Gasteiger partial charge in [-0.2, -0.15) is 5.10 Å². The molecule has 0 radical (unpaired) electrons. The lowest BCUT2D eigenvalue weighted by Crippen LogP contribution is -2.49. The second kappa shape index (κ2) is 6.68. The van der Waals surface area contributed by atoms with Gasteiger partial charge in [0.2, 0.25) is 0 Å². The summed E-state index contributed by atoms with van der Waals surface area (Å²) in [5, 5.41) is 9.74. The number of nitrogens with zero attached hydrogens (tertiary/aromatic N) is 3. The van der Waals surface area contributed by atoms with Gasteiger partial charge in [-0.25, -0.2) is 9.18 Å². The maximum atomic E-state index is 13.9. The molecule has 2 heterocycles. The maximum Gasteiger partial charge on any atom is 0.320 e. The number of para-hydroxylation sites is 1. The summed E-state index contributed by atoms with van der Waals surface area (Å²) >= 11 is 0. The zero-order chi connectivity index (χ0) is 16.2. The summed E-state index contributed by atoms with van der Waals surface area (Å²) in [7, 11) is 1.79. The Labute approximate surface area is 134 Å². The van der Waals surface area contributed by atoms with Crippen LogP contribution in [0.15, 0.2) is 36.5 Å². The average Bonchev–Trinajstić information content (AvgIpc) is 2.93. The Balaban J connectivity index is 1.58. The van der Waals surface area contributed by atoms with Crippen molar-refractivity contribution in [1.82, 2.24) is 15.1 Å². The van der Waals surface area contributed by atoms with E-state index < -0.39 is 0 Å². The molecule has 23 heavy (non-hydrogen) atoms. The van der Waals surface area contributed by atoms with Crippen molar-refractivity contribution in [2.45, 2.75) is 18.9 Å². The summed E-state index contributed by atoms with van der Waals surface area (Å²) in [6.07, 6.45) is 3.54. The summed E-state index contributed by atoms with van der Waals surface area (Å²) < 4.78 is 15.5. The minimum absolute atomic E-state index is 0.0212. The van der Waals surface area contributed by atoms with Gasteiger partial charge in [-0.1, -0.05) is 12.1 Å². The lowest BCUT2D eigenvalue weighted by atomic mass is 10.0. The van der Waals surface area contributed by atoms with Crippen molar-refractivity contribution in [3.63, 3.8) is 0 Å². The van der Waals surface area contributed by atoms with Gasteiger partial charge in [0.25, 0.3) is 0 Å². The lowest BCUT2D eigenvalue weighted by Gasteiger charge is -2.34. The molecule has 6 nitrogen and oxygen atoms in total. The number of urea groups is 1. The van der Waals surface area contributed by atoms with Crippen LogP contribution < -0.4 is 15.5 Å². The molecule has 1 atom stereocenters. The summed E-state index contributed by atoms with van der Waals surface area (Å²) in [6, 6.07) is 8.15. The first-order valence-corrected chi connectivity index (χ1v) is 7.68. The van der Waals surface area contributed by atoms with Crippen LogP contribution in [0.3, 0.4) is 0 Å². The first-order chi connectivity index (χ1) is 11.1. The first kappa shape index (κ1) is 15.3. The highest BCUT2D eigenvalue weighted by Crippen LogP contribution is 2.22. The van der Waals surface area contributed by atoms with Crippen molar-refractivity contribution >= 4 is 17.5 Å². The molecule has 7 heteroatoms. The molecule has 1 saturated heterocycles. The number of aryl methyl sites for hydroxylation is 1. The van der Waals surface area contributed by atoms with E-state index in [1.165, 1.54) is 6.07 Å². The molecule has 0 spiro atoms. The monoisotopic (exact) mass is 317 g/mol. The third kappa shape index (κ3) is 3.80. The van der Waals surface area contributed by atoms with Gasteiger partial charge >= 0.3 is 6.03 Å². The van der Waals surface area contributed by atoms with Crippen molar-refractivity contribution in [2.24, 2.45) is 7.05 Å². The Hall–Kier alpha value is -2.57. The van der Waals surface area contributed by atoms with E-state index in [1.54, 1.807) is 36.1 Å². The number of benzene rings is 1. The number of rotatable bonds is 3. The van der Waals surface area contributed by atoms with E-state index in [-0.39, 0.29) is 17.9 Å². The first-order valence-electron chi connectivity index (χ1n) is 7.68. The molecule has 0 bridgehead atoms. The van der Waals surface area contributed by atoms with Gasteiger partial charge in [-0.15, -0.1) is 0 Å². The van der Waals surface area contributed by atoms with Crippen molar-refractivity contribution in [1.29, 1.82) is 0 Å². The molecule has 0 saturated carbocycles. The van der Waals surface area contributed by atoms with Gasteiger partial charge in [0.1, 0.15) is 5.82 Å². The highest BCUT2D eigenvalue weighted by Gasteiger charge is 2.23. The molecular weight excluding hydrogens is 297 g/mol. The van der Waals surface area contributed by atoms with Crippen LogP contribution >= 0.6 is 0 Å². The van der Waals surface area contributed by atoms with E-state index in [1.807, 2.05) is 11.0 Å². The molecule has 1 aromatic carbocycles. The fourth-order valence-corrected chi connectivity index (χ4v) is 2.84. The predicted molar refractivity (Wildman–Crippen MR) is 87.0 cm³/mol. The second-order valence-corrected chi connectivity index (χ2v) is 5.71. The number of anilines is 2. The predicted octanol–water partition coefficient (Wildman–Crippen LogP) is 2.35. The van der Waals surface area contributed by atoms with E-state index in [0.29, 0.717) is 18.1 Å². The Morgan fingerprint density at radius 2 is 2.17 bits per heavy atom. The van der Waals surface area contributed by atoms with Gasteiger partial charge in [-0.3, -0.25) is 10.00 Å². The van der Waals surface area contributed by atoms with Crippen LogP contribution in [0.2, 0.25) is 0 Å². The number of carbonyl (C=O) groups is 1. The highest BCUT2D eigenvalue weighted by molar-refractivity contribution is 5.88. The van der Waals surface area contributed by atoms with Crippen LogP contribution in [-0.2, 0) is 7.05 Å². The minimum Gasteiger partial charge on any atom is -0.367 e. The average molecular weight is 317 g/mol. The Morgan fingerprint density at radius 3 is 2.91 bits per heavy atom. The number of nitrogens with one attached hydrogen (secondary N) is 2. The highest BCUT2D eigenvalue weighted by atomic mass is 19.1. The molecule has 3 rings (SSSR count). The Morgan fingerprint density at radius 1 is 1.35 bits per heavy atom. The number of hydrogen-bond acceptors (Lipinski definition) is 3. The zero-order valence-corrected chi connectivity index (χ0v) is 13.0. The smallest absolute Gasteiger partial charge is 0.320 e. The molecule has 0 unspecified atom stereocenters. The fraction of sp³-hybridized carbons (Fsp3) is 0.375. The van der Waals surface area contributed by atoms with Crippen molar-refractivity contribution < 1.29 is 9.18 Å². The zero-order valence-electron chi connectivity index (χ0n) is 13.0. The molecule has 1 aromatic heterocycles. The van der Waals surface area contributed by atoms with E-state index in [4.69, 9.17) is 0 Å².